The summed E-state index contributed by atoms with van der Waals surface area (Å²) in [5, 5.41) is 16.6. The molecule has 2 N–H and O–H groups in total. The van der Waals surface area contributed by atoms with E-state index in [0.717, 1.165) is 29.7 Å². The summed E-state index contributed by atoms with van der Waals surface area (Å²) >= 11 is 0. The van der Waals surface area contributed by atoms with Gasteiger partial charge in [0.05, 0.1) is 0 Å². The highest BCUT2D eigenvalue weighted by molar-refractivity contribution is 5.67. The first-order valence-corrected chi connectivity index (χ1v) is 11.7. The highest BCUT2D eigenvalue weighted by Crippen LogP contribution is 2.34. The van der Waals surface area contributed by atoms with E-state index in [1.807, 2.05) is 12.1 Å². The molecule has 2 unspecified atom stereocenters. The first-order chi connectivity index (χ1) is 15.7. The Balaban J connectivity index is 1.25. The van der Waals surface area contributed by atoms with E-state index in [-0.39, 0.29) is 18.4 Å². The molecule has 2 atom stereocenters. The third-order valence-electron chi connectivity index (χ3n) is 6.92. The topological polar surface area (TPSA) is 88.2 Å². The minimum absolute atomic E-state index is 0.182. The number of carboxylic acids is 1. The van der Waals surface area contributed by atoms with E-state index in [2.05, 4.69) is 51.9 Å². The second kappa shape index (κ2) is 9.25. The van der Waals surface area contributed by atoms with Crippen LogP contribution in [0.4, 0.5) is 0 Å². The van der Waals surface area contributed by atoms with Crippen molar-refractivity contribution in [2.75, 3.05) is 6.54 Å². The minimum Gasteiger partial charge on any atom is -0.481 e. The molecule has 1 saturated carbocycles. The fraction of sp³-hybridized carbons (Fsp3) is 0.423. The average molecular weight is 432 g/mol. The number of aromatic nitrogens is 2. The summed E-state index contributed by atoms with van der Waals surface area (Å²) in [4.78, 5) is 15.5. The van der Waals surface area contributed by atoms with Gasteiger partial charge in [0, 0.05) is 23.6 Å². The van der Waals surface area contributed by atoms with Crippen molar-refractivity contribution in [2.45, 2.75) is 56.9 Å². The van der Waals surface area contributed by atoms with Crippen molar-refractivity contribution >= 4 is 5.97 Å². The van der Waals surface area contributed by atoms with Gasteiger partial charge in [-0.1, -0.05) is 60.8 Å². The third-order valence-corrected chi connectivity index (χ3v) is 6.92. The Labute approximate surface area is 188 Å². The average Bonchev–Trinajstić information content (AvgIpc) is 3.50. The van der Waals surface area contributed by atoms with Crippen LogP contribution in [0.2, 0.25) is 0 Å². The van der Waals surface area contributed by atoms with Gasteiger partial charge < -0.3 is 14.9 Å². The summed E-state index contributed by atoms with van der Waals surface area (Å²) in [5.41, 5.74) is 4.42. The van der Waals surface area contributed by atoms with Gasteiger partial charge in [-0.25, -0.2) is 0 Å². The highest BCUT2D eigenvalue weighted by atomic mass is 16.5. The molecule has 5 rings (SSSR count). The fourth-order valence-electron chi connectivity index (χ4n) is 5.12. The van der Waals surface area contributed by atoms with Gasteiger partial charge in [0.1, 0.15) is 0 Å². The lowest BCUT2D eigenvalue weighted by Crippen LogP contribution is -2.14. The number of nitrogens with one attached hydrogen (secondary N) is 1. The van der Waals surface area contributed by atoms with Crippen molar-refractivity contribution in [3.8, 4) is 22.8 Å². The van der Waals surface area contributed by atoms with Gasteiger partial charge in [0.25, 0.3) is 5.89 Å². The molecular formula is C26H29N3O3. The Morgan fingerprint density at radius 1 is 0.969 bits per heavy atom. The Morgan fingerprint density at radius 2 is 1.66 bits per heavy atom. The molecule has 2 heterocycles. The number of carbonyl (C=O) groups is 1. The lowest BCUT2D eigenvalue weighted by atomic mass is 9.84. The van der Waals surface area contributed by atoms with Crippen molar-refractivity contribution in [3.05, 3.63) is 59.7 Å². The molecule has 1 aliphatic carbocycles. The maximum Gasteiger partial charge on any atom is 0.303 e. The van der Waals surface area contributed by atoms with Crippen LogP contribution in [0.1, 0.15) is 68.0 Å². The molecule has 1 aromatic heterocycles. The van der Waals surface area contributed by atoms with Crippen molar-refractivity contribution in [3.63, 3.8) is 0 Å². The lowest BCUT2D eigenvalue weighted by Gasteiger charge is -2.21. The van der Waals surface area contributed by atoms with E-state index < -0.39 is 5.97 Å². The minimum atomic E-state index is -0.732. The zero-order valence-electron chi connectivity index (χ0n) is 18.2. The van der Waals surface area contributed by atoms with Crippen LogP contribution in [0, 0.1) is 5.92 Å². The van der Waals surface area contributed by atoms with E-state index >= 15 is 0 Å². The molecule has 1 aliphatic heterocycles. The van der Waals surface area contributed by atoms with Gasteiger partial charge >= 0.3 is 5.97 Å². The van der Waals surface area contributed by atoms with Crippen molar-refractivity contribution < 1.29 is 14.4 Å². The van der Waals surface area contributed by atoms with Crippen LogP contribution < -0.4 is 5.32 Å². The highest BCUT2D eigenvalue weighted by Gasteiger charge is 2.27. The predicted molar refractivity (Wildman–Crippen MR) is 122 cm³/mol. The van der Waals surface area contributed by atoms with Gasteiger partial charge in [-0.15, -0.1) is 0 Å². The molecule has 0 spiro atoms. The van der Waals surface area contributed by atoms with Crippen LogP contribution in [0.3, 0.4) is 0 Å². The summed E-state index contributed by atoms with van der Waals surface area (Å²) in [6.07, 6.45) is 7.66. The lowest BCUT2D eigenvalue weighted by molar-refractivity contribution is -0.137. The maximum absolute atomic E-state index is 10.9. The van der Waals surface area contributed by atoms with Crippen molar-refractivity contribution in [1.82, 2.24) is 15.5 Å². The van der Waals surface area contributed by atoms with Gasteiger partial charge in [-0.05, 0) is 60.9 Å². The number of carboxylic acid groups (broad SMARTS) is 1. The monoisotopic (exact) mass is 431 g/mol. The van der Waals surface area contributed by atoms with Gasteiger partial charge in [0.2, 0.25) is 5.82 Å². The zero-order chi connectivity index (χ0) is 21.9. The van der Waals surface area contributed by atoms with Gasteiger partial charge in [-0.2, -0.15) is 4.98 Å². The molecular weight excluding hydrogens is 402 g/mol. The normalized spacial score (nSPS) is 21.6. The zero-order valence-corrected chi connectivity index (χ0v) is 18.2. The van der Waals surface area contributed by atoms with E-state index in [9.17, 15) is 4.79 Å². The van der Waals surface area contributed by atoms with Crippen molar-refractivity contribution in [2.24, 2.45) is 5.92 Å². The van der Waals surface area contributed by atoms with Gasteiger partial charge in [-0.3, -0.25) is 4.79 Å². The maximum atomic E-state index is 10.9. The summed E-state index contributed by atoms with van der Waals surface area (Å²) < 4.78 is 5.54. The third kappa shape index (κ3) is 4.60. The molecule has 0 amide bonds. The first-order valence-electron chi connectivity index (χ1n) is 11.7. The number of benzene rings is 2. The molecule has 0 bridgehead atoms. The second-order valence-electron chi connectivity index (χ2n) is 9.16. The van der Waals surface area contributed by atoms with Crippen LogP contribution in [0.25, 0.3) is 22.8 Å². The molecule has 166 valence electrons. The molecule has 2 aliphatic rings. The smallest absolute Gasteiger partial charge is 0.303 e. The van der Waals surface area contributed by atoms with Crippen LogP contribution >= 0.6 is 0 Å². The Hall–Kier alpha value is -2.99. The molecule has 2 aromatic carbocycles. The molecule has 1 saturated heterocycles. The summed E-state index contributed by atoms with van der Waals surface area (Å²) in [5.74, 6) is 1.24. The summed E-state index contributed by atoms with van der Waals surface area (Å²) in [7, 11) is 0. The SMILES string of the molecule is O=C(O)CC1CNC(c2ccc(-c3noc(-c4ccc(C5CCCCC5)cc4)n3)cc2)C1. The van der Waals surface area contributed by atoms with E-state index in [1.54, 1.807) is 0 Å². The molecule has 6 heteroatoms. The molecule has 3 aromatic rings. The standard InChI is InChI=1S/C26H29N3O3/c30-24(31)15-17-14-23(27-16-17)20-8-10-21(11-9-20)25-28-26(32-29-25)22-12-6-19(7-13-22)18-4-2-1-3-5-18/h6-13,17-18,23,27H,1-5,14-16H2,(H,30,31). The number of rotatable bonds is 6. The Morgan fingerprint density at radius 3 is 2.38 bits per heavy atom. The molecule has 0 radical (unpaired) electrons. The number of nitrogens with zero attached hydrogens (tertiary/aromatic N) is 2. The van der Waals surface area contributed by atoms with Crippen molar-refractivity contribution in [1.29, 1.82) is 0 Å². The number of hydrogen-bond acceptors (Lipinski definition) is 5. The first kappa shape index (κ1) is 20.9. The molecule has 2 fully saturated rings. The van der Waals surface area contributed by atoms with Crippen LogP contribution in [0.5, 0.6) is 0 Å². The molecule has 32 heavy (non-hydrogen) atoms. The van der Waals surface area contributed by atoms with E-state index in [1.165, 1.54) is 37.7 Å². The predicted octanol–water partition coefficient (Wildman–Crippen LogP) is 5.58. The van der Waals surface area contributed by atoms with Crippen LogP contribution in [-0.4, -0.2) is 27.8 Å². The molecule has 6 nitrogen and oxygen atoms in total. The fourth-order valence-corrected chi connectivity index (χ4v) is 5.12. The summed E-state index contributed by atoms with van der Waals surface area (Å²) in [6, 6.07) is 16.9. The quantitative estimate of drug-likeness (QED) is 0.530. The van der Waals surface area contributed by atoms with Gasteiger partial charge in [0.15, 0.2) is 0 Å². The Kier molecular flexibility index (Phi) is 6.04. The van der Waals surface area contributed by atoms with E-state index in [0.29, 0.717) is 17.6 Å². The largest absolute Gasteiger partial charge is 0.481 e. The summed E-state index contributed by atoms with van der Waals surface area (Å²) in [6.45, 7) is 0.743. The van der Waals surface area contributed by atoms with Crippen LogP contribution in [-0.2, 0) is 4.79 Å². The van der Waals surface area contributed by atoms with E-state index in [4.69, 9.17) is 9.63 Å². The van der Waals surface area contributed by atoms with Crippen LogP contribution in [0.15, 0.2) is 53.1 Å². The number of aliphatic carboxylic acids is 1. The Bertz CT molecular complexity index is 1050. The second-order valence-corrected chi connectivity index (χ2v) is 9.16. The number of hydrogen-bond donors (Lipinski definition) is 2.